The number of carbonyl (C=O) groups excluding carboxylic acids is 1. The van der Waals surface area contributed by atoms with Crippen LogP contribution >= 0.6 is 22.6 Å². The summed E-state index contributed by atoms with van der Waals surface area (Å²) >= 11 is 2.09. The molecule has 0 radical (unpaired) electrons. The van der Waals surface area contributed by atoms with Crippen molar-refractivity contribution in [1.29, 1.82) is 0 Å². The molecule has 1 aromatic rings. The number of nitrogens with zero attached hydrogens (tertiary/aromatic N) is 1. The molecule has 0 heterocycles. The van der Waals surface area contributed by atoms with Gasteiger partial charge in [-0.2, -0.15) is 0 Å². The van der Waals surface area contributed by atoms with Crippen molar-refractivity contribution in [2.24, 2.45) is 5.16 Å². The van der Waals surface area contributed by atoms with E-state index in [2.05, 4.69) is 32.6 Å². The second-order valence-corrected chi connectivity index (χ2v) is 2.87. The lowest BCUT2D eigenvalue weighted by Crippen LogP contribution is -1.83. The lowest BCUT2D eigenvalue weighted by molar-refractivity contribution is 0.334. The predicted molar refractivity (Wildman–Crippen MR) is 47.9 cm³/mol. The van der Waals surface area contributed by atoms with Gasteiger partial charge in [0.25, 0.3) is 6.08 Å². The van der Waals surface area contributed by atoms with Crippen molar-refractivity contribution in [3.8, 4) is 5.75 Å². The van der Waals surface area contributed by atoms with Crippen LogP contribution in [0, 0.1) is 3.57 Å². The summed E-state index contributed by atoms with van der Waals surface area (Å²) in [6, 6.07) is 7.26. The lowest BCUT2D eigenvalue weighted by atomic mass is 10.3. The zero-order valence-electron chi connectivity index (χ0n) is 5.45. The fraction of sp³-hybridized carbons (Fsp3) is 0. The summed E-state index contributed by atoms with van der Waals surface area (Å²) < 4.78 is 0.907. The van der Waals surface area contributed by atoms with E-state index in [4.69, 9.17) is 0 Å². The highest BCUT2D eigenvalue weighted by atomic mass is 127. The molecule has 1 rings (SSSR count). The molecule has 0 aliphatic heterocycles. The van der Waals surface area contributed by atoms with E-state index in [0.717, 1.165) is 3.57 Å². The molecule has 4 heteroatoms. The average molecular weight is 261 g/mol. The van der Waals surface area contributed by atoms with Crippen LogP contribution in [0.1, 0.15) is 0 Å². The molecular formula is C7H4INO2. The summed E-state index contributed by atoms with van der Waals surface area (Å²) in [6.07, 6.45) is 1.29. The molecule has 11 heavy (non-hydrogen) atoms. The number of para-hydroxylation sites is 1. The van der Waals surface area contributed by atoms with Gasteiger partial charge in [-0.3, -0.25) is 0 Å². The minimum Gasteiger partial charge on any atom is -0.345 e. The van der Waals surface area contributed by atoms with Gasteiger partial charge in [0, 0.05) is 5.16 Å². The molecule has 1 aromatic carbocycles. The standard InChI is InChI=1S/C7H4INO2/c8-6-3-1-2-4-7(6)11-9-5-10/h1-4H. The van der Waals surface area contributed by atoms with Crippen molar-refractivity contribution in [1.82, 2.24) is 0 Å². The Morgan fingerprint density at radius 1 is 1.45 bits per heavy atom. The van der Waals surface area contributed by atoms with Crippen molar-refractivity contribution < 1.29 is 9.63 Å². The van der Waals surface area contributed by atoms with Gasteiger partial charge in [-0.05, 0) is 34.7 Å². The molecule has 0 unspecified atom stereocenters. The third kappa shape index (κ3) is 2.32. The molecule has 0 aliphatic carbocycles. The highest BCUT2D eigenvalue weighted by Crippen LogP contribution is 2.19. The first-order chi connectivity index (χ1) is 5.34. The number of isocyanates is 1. The molecule has 56 valence electrons. The fourth-order valence-corrected chi connectivity index (χ4v) is 1.07. The molecule has 3 nitrogen and oxygen atoms in total. The normalized spacial score (nSPS) is 8.45. The maximum Gasteiger partial charge on any atom is 0.277 e. The Morgan fingerprint density at radius 3 is 2.82 bits per heavy atom. The number of benzene rings is 1. The molecule has 0 saturated heterocycles. The van der Waals surface area contributed by atoms with Gasteiger partial charge in [-0.25, -0.2) is 4.79 Å². The van der Waals surface area contributed by atoms with Crippen molar-refractivity contribution in [3.63, 3.8) is 0 Å². The van der Waals surface area contributed by atoms with Gasteiger partial charge in [0.1, 0.15) is 0 Å². The molecule has 0 amide bonds. The van der Waals surface area contributed by atoms with Crippen LogP contribution in [-0.4, -0.2) is 6.08 Å². The van der Waals surface area contributed by atoms with E-state index >= 15 is 0 Å². The van der Waals surface area contributed by atoms with Crippen LogP contribution in [-0.2, 0) is 4.79 Å². The largest absolute Gasteiger partial charge is 0.345 e. The topological polar surface area (TPSA) is 38.7 Å². The smallest absolute Gasteiger partial charge is 0.277 e. The van der Waals surface area contributed by atoms with Gasteiger partial charge in [0.15, 0.2) is 5.75 Å². The van der Waals surface area contributed by atoms with Gasteiger partial charge in [0.2, 0.25) is 0 Å². The summed E-state index contributed by atoms with van der Waals surface area (Å²) in [4.78, 5) is 14.4. The quantitative estimate of drug-likeness (QED) is 0.353. The molecule has 0 bridgehead atoms. The highest BCUT2D eigenvalue weighted by Gasteiger charge is 1.96. The number of halogens is 1. The van der Waals surface area contributed by atoms with Gasteiger partial charge in [0.05, 0.1) is 3.57 Å². The van der Waals surface area contributed by atoms with Crippen LogP contribution in [0.25, 0.3) is 0 Å². The van der Waals surface area contributed by atoms with Crippen molar-refractivity contribution in [3.05, 3.63) is 27.8 Å². The molecule has 0 atom stereocenters. The summed E-state index contributed by atoms with van der Waals surface area (Å²) in [5.41, 5.74) is 0. The zero-order valence-corrected chi connectivity index (χ0v) is 7.61. The van der Waals surface area contributed by atoms with Crippen LogP contribution in [0.3, 0.4) is 0 Å². The van der Waals surface area contributed by atoms with E-state index in [1.165, 1.54) is 6.08 Å². The summed E-state index contributed by atoms with van der Waals surface area (Å²) in [7, 11) is 0. The molecule has 0 spiro atoms. The Hall–Kier alpha value is -0.870. The molecule has 0 N–H and O–H groups in total. The highest BCUT2D eigenvalue weighted by molar-refractivity contribution is 14.1. The maximum absolute atomic E-state index is 9.67. The lowest BCUT2D eigenvalue weighted by Gasteiger charge is -1.96. The predicted octanol–water partition coefficient (Wildman–Crippen LogP) is 1.92. The van der Waals surface area contributed by atoms with E-state index in [-0.39, 0.29) is 0 Å². The SMILES string of the molecule is O=C=NOc1ccccc1I. The molecule has 0 aliphatic rings. The first kappa shape index (κ1) is 8.23. The Bertz CT molecular complexity index is 294. The zero-order chi connectivity index (χ0) is 8.10. The van der Waals surface area contributed by atoms with Crippen LogP contribution in [0.5, 0.6) is 5.75 Å². The minimum atomic E-state index is 0.566. The summed E-state index contributed by atoms with van der Waals surface area (Å²) in [5, 5.41) is 2.99. The summed E-state index contributed by atoms with van der Waals surface area (Å²) in [5.74, 6) is 0.566. The second kappa shape index (κ2) is 4.10. The van der Waals surface area contributed by atoms with Crippen LogP contribution in [0.4, 0.5) is 0 Å². The number of hydrogen-bond acceptors (Lipinski definition) is 3. The Labute approximate surface area is 77.2 Å². The van der Waals surface area contributed by atoms with E-state index < -0.39 is 0 Å². The van der Waals surface area contributed by atoms with Crippen LogP contribution in [0.15, 0.2) is 29.4 Å². The van der Waals surface area contributed by atoms with E-state index in [1.54, 1.807) is 12.1 Å². The van der Waals surface area contributed by atoms with Crippen LogP contribution < -0.4 is 4.84 Å². The third-order valence-electron chi connectivity index (χ3n) is 1.02. The van der Waals surface area contributed by atoms with Gasteiger partial charge in [-0.1, -0.05) is 12.1 Å². The van der Waals surface area contributed by atoms with E-state index in [1.807, 2.05) is 12.1 Å². The molecule has 0 fully saturated rings. The molecular weight excluding hydrogens is 257 g/mol. The van der Waals surface area contributed by atoms with Crippen molar-refractivity contribution >= 4 is 28.7 Å². The fourth-order valence-electron chi connectivity index (χ4n) is 0.587. The Kier molecular flexibility index (Phi) is 3.07. The number of hydrogen-bond donors (Lipinski definition) is 0. The first-order valence-corrected chi connectivity index (χ1v) is 3.91. The third-order valence-corrected chi connectivity index (χ3v) is 1.91. The number of rotatable bonds is 2. The van der Waals surface area contributed by atoms with Gasteiger partial charge in [-0.15, -0.1) is 0 Å². The average Bonchev–Trinajstić information content (AvgIpc) is 2.03. The van der Waals surface area contributed by atoms with Gasteiger partial charge >= 0.3 is 0 Å². The second-order valence-electron chi connectivity index (χ2n) is 1.70. The van der Waals surface area contributed by atoms with Crippen LogP contribution in [0.2, 0.25) is 0 Å². The minimum absolute atomic E-state index is 0.566. The van der Waals surface area contributed by atoms with Gasteiger partial charge < -0.3 is 4.84 Å². The van der Waals surface area contributed by atoms with E-state index in [9.17, 15) is 4.79 Å². The van der Waals surface area contributed by atoms with E-state index in [0.29, 0.717) is 5.75 Å². The maximum atomic E-state index is 9.67. The Balaban J connectivity index is 2.85. The Morgan fingerprint density at radius 2 is 2.18 bits per heavy atom. The van der Waals surface area contributed by atoms with Crippen molar-refractivity contribution in [2.45, 2.75) is 0 Å². The monoisotopic (exact) mass is 261 g/mol. The molecule has 0 saturated carbocycles. The summed E-state index contributed by atoms with van der Waals surface area (Å²) in [6.45, 7) is 0. The van der Waals surface area contributed by atoms with Crippen molar-refractivity contribution in [2.75, 3.05) is 0 Å². The first-order valence-electron chi connectivity index (χ1n) is 2.83. The molecule has 0 aromatic heterocycles.